The molecular formula is C21H19F2N3O3S3. The summed E-state index contributed by atoms with van der Waals surface area (Å²) < 4.78 is 53.1. The van der Waals surface area contributed by atoms with Crippen molar-refractivity contribution in [3.8, 4) is 0 Å². The number of thioether (sulfide) groups is 2. The molecule has 0 aliphatic rings. The predicted molar refractivity (Wildman–Crippen MR) is 124 cm³/mol. The molecule has 1 heterocycles. The normalized spacial score (nSPS) is 11.4. The number of rotatable bonds is 9. The van der Waals surface area contributed by atoms with Gasteiger partial charge in [-0.15, -0.1) is 11.8 Å². The first kappa shape index (κ1) is 24.0. The van der Waals surface area contributed by atoms with E-state index in [9.17, 15) is 22.0 Å². The Morgan fingerprint density at radius 2 is 1.66 bits per heavy atom. The molecule has 0 aliphatic carbocycles. The summed E-state index contributed by atoms with van der Waals surface area (Å²) in [6.07, 6.45) is 3.27. The van der Waals surface area contributed by atoms with Gasteiger partial charge in [0.1, 0.15) is 0 Å². The van der Waals surface area contributed by atoms with Crippen LogP contribution in [-0.4, -0.2) is 30.8 Å². The lowest BCUT2D eigenvalue weighted by Gasteiger charge is -2.13. The molecule has 0 bridgehead atoms. The highest BCUT2D eigenvalue weighted by Crippen LogP contribution is 2.28. The Hall–Kier alpha value is -2.63. The van der Waals surface area contributed by atoms with Crippen LogP contribution in [0.2, 0.25) is 0 Å². The smallest absolute Gasteiger partial charge is 0.288 e. The van der Waals surface area contributed by atoms with E-state index in [1.165, 1.54) is 42.1 Å². The van der Waals surface area contributed by atoms with E-state index < -0.39 is 15.8 Å². The number of benzene rings is 2. The lowest BCUT2D eigenvalue weighted by Crippen LogP contribution is -2.17. The fourth-order valence-corrected chi connectivity index (χ4v) is 5.18. The maximum absolute atomic E-state index is 12.9. The second-order valence-corrected chi connectivity index (χ2v) is 10.3. The fourth-order valence-electron chi connectivity index (χ4n) is 2.66. The molecular weight excluding hydrogens is 476 g/mol. The molecule has 1 aromatic heterocycles. The van der Waals surface area contributed by atoms with Crippen molar-refractivity contribution >= 4 is 50.8 Å². The molecule has 168 valence electrons. The van der Waals surface area contributed by atoms with E-state index in [0.717, 1.165) is 4.90 Å². The van der Waals surface area contributed by atoms with Crippen molar-refractivity contribution in [1.29, 1.82) is 0 Å². The van der Waals surface area contributed by atoms with Crippen LogP contribution >= 0.6 is 23.5 Å². The van der Waals surface area contributed by atoms with Gasteiger partial charge in [0.2, 0.25) is 5.91 Å². The number of hydrogen-bond acceptors (Lipinski definition) is 6. The number of anilines is 2. The first-order valence-corrected chi connectivity index (χ1v) is 12.6. The van der Waals surface area contributed by atoms with Crippen LogP contribution in [0.15, 0.2) is 81.7 Å². The molecule has 0 radical (unpaired) electrons. The molecule has 0 saturated carbocycles. The van der Waals surface area contributed by atoms with Crippen molar-refractivity contribution in [2.24, 2.45) is 0 Å². The number of carbonyl (C=O) groups is 1. The van der Waals surface area contributed by atoms with Crippen molar-refractivity contribution in [3.63, 3.8) is 0 Å². The Labute approximate surface area is 193 Å². The monoisotopic (exact) mass is 495 g/mol. The Kier molecular flexibility index (Phi) is 8.10. The first-order chi connectivity index (χ1) is 15.2. The summed E-state index contributed by atoms with van der Waals surface area (Å²) in [6, 6.07) is 13.9. The first-order valence-electron chi connectivity index (χ1n) is 9.24. The van der Waals surface area contributed by atoms with Gasteiger partial charge in [0.15, 0.2) is 0 Å². The molecule has 32 heavy (non-hydrogen) atoms. The molecule has 0 spiro atoms. The van der Waals surface area contributed by atoms with Crippen molar-refractivity contribution in [2.75, 3.05) is 15.8 Å². The number of alkyl halides is 2. The van der Waals surface area contributed by atoms with Crippen LogP contribution < -0.4 is 10.0 Å². The third-order valence-corrected chi connectivity index (χ3v) is 7.37. The van der Waals surface area contributed by atoms with Gasteiger partial charge >= 0.3 is 0 Å². The lowest BCUT2D eigenvalue weighted by molar-refractivity contribution is -0.113. The van der Waals surface area contributed by atoms with Gasteiger partial charge in [0.25, 0.3) is 15.8 Å². The zero-order valence-corrected chi connectivity index (χ0v) is 19.2. The number of carbonyl (C=O) groups excluding carboxylic acids is 1. The molecule has 0 atom stereocenters. The lowest BCUT2D eigenvalue weighted by atomic mass is 10.2. The van der Waals surface area contributed by atoms with Gasteiger partial charge in [-0.2, -0.15) is 8.78 Å². The van der Waals surface area contributed by atoms with Gasteiger partial charge in [-0.3, -0.25) is 14.5 Å². The van der Waals surface area contributed by atoms with Crippen LogP contribution in [0.3, 0.4) is 0 Å². The largest absolute Gasteiger partial charge is 0.325 e. The third kappa shape index (κ3) is 6.94. The highest BCUT2D eigenvalue weighted by molar-refractivity contribution is 8.00. The summed E-state index contributed by atoms with van der Waals surface area (Å²) >= 11 is 1.71. The van der Waals surface area contributed by atoms with E-state index in [1.807, 2.05) is 0 Å². The van der Waals surface area contributed by atoms with Crippen LogP contribution in [0, 0.1) is 6.92 Å². The molecule has 11 heteroatoms. The van der Waals surface area contributed by atoms with E-state index in [4.69, 9.17) is 0 Å². The molecule has 0 saturated heterocycles. The predicted octanol–water partition coefficient (Wildman–Crippen LogP) is 5.24. The molecule has 2 N–H and O–H groups in total. The highest BCUT2D eigenvalue weighted by Gasteiger charge is 2.18. The van der Waals surface area contributed by atoms with Gasteiger partial charge in [-0.25, -0.2) is 8.42 Å². The maximum atomic E-state index is 12.9. The molecule has 3 rings (SSSR count). The Bertz CT molecular complexity index is 1180. The minimum absolute atomic E-state index is 0.00289. The van der Waals surface area contributed by atoms with E-state index in [0.29, 0.717) is 27.9 Å². The van der Waals surface area contributed by atoms with Gasteiger partial charge in [-0.05, 0) is 61.0 Å². The van der Waals surface area contributed by atoms with Gasteiger partial charge in [0, 0.05) is 33.6 Å². The van der Waals surface area contributed by atoms with Gasteiger partial charge < -0.3 is 5.32 Å². The van der Waals surface area contributed by atoms with Crippen LogP contribution in [0.1, 0.15) is 5.56 Å². The van der Waals surface area contributed by atoms with E-state index in [1.54, 1.807) is 43.6 Å². The summed E-state index contributed by atoms with van der Waals surface area (Å²) in [5, 5.41) is 2.70. The van der Waals surface area contributed by atoms with Gasteiger partial charge in [0.05, 0.1) is 10.6 Å². The number of aromatic nitrogens is 1. The summed E-state index contributed by atoms with van der Waals surface area (Å²) in [7, 11) is -3.96. The average Bonchev–Trinajstić information content (AvgIpc) is 2.75. The molecule has 0 fully saturated rings. The van der Waals surface area contributed by atoms with Crippen LogP contribution in [-0.2, 0) is 14.8 Å². The zero-order valence-electron chi connectivity index (χ0n) is 16.8. The number of aryl methyl sites for hydroxylation is 1. The average molecular weight is 496 g/mol. The number of hydrogen-bond donors (Lipinski definition) is 2. The van der Waals surface area contributed by atoms with E-state index >= 15 is 0 Å². The third-order valence-electron chi connectivity index (χ3n) is 4.11. The van der Waals surface area contributed by atoms with E-state index in [-0.39, 0.29) is 22.2 Å². The fraction of sp³-hybridized carbons (Fsp3) is 0.143. The summed E-state index contributed by atoms with van der Waals surface area (Å²) in [5.41, 5.74) is 1.08. The SMILES string of the molecule is Cc1ccc(NC(=O)CSc2ccncc2)cc1S(=O)(=O)Nc1ccc(SC(F)F)cc1. The van der Waals surface area contributed by atoms with Crippen molar-refractivity contribution in [1.82, 2.24) is 4.98 Å². The van der Waals surface area contributed by atoms with Crippen molar-refractivity contribution in [2.45, 2.75) is 27.4 Å². The Morgan fingerprint density at radius 3 is 2.31 bits per heavy atom. The molecule has 6 nitrogen and oxygen atoms in total. The number of pyridine rings is 1. The summed E-state index contributed by atoms with van der Waals surface area (Å²) in [6.45, 7) is 1.64. The molecule has 3 aromatic rings. The second kappa shape index (κ2) is 10.8. The van der Waals surface area contributed by atoms with Crippen LogP contribution in [0.4, 0.5) is 20.2 Å². The summed E-state index contributed by atoms with van der Waals surface area (Å²) in [5.74, 6) is -2.68. The standard InChI is InChI=1S/C21H19F2N3O3S3/c1-14-2-3-16(25-20(27)13-30-17-8-10-24-11-9-17)12-19(14)32(28,29)26-15-4-6-18(7-5-15)31-21(22)23/h2-12,21,26H,13H2,1H3,(H,25,27). The number of halogens is 2. The topological polar surface area (TPSA) is 88.2 Å². The van der Waals surface area contributed by atoms with Crippen molar-refractivity contribution in [3.05, 3.63) is 72.6 Å². The maximum Gasteiger partial charge on any atom is 0.288 e. The molecule has 0 aliphatic heterocycles. The number of nitrogens with one attached hydrogen (secondary N) is 2. The molecule has 1 amide bonds. The van der Waals surface area contributed by atoms with Gasteiger partial charge in [-0.1, -0.05) is 17.8 Å². The zero-order chi connectivity index (χ0) is 23.1. The minimum atomic E-state index is -3.96. The number of sulfonamides is 1. The number of amides is 1. The molecule has 2 aromatic carbocycles. The van der Waals surface area contributed by atoms with E-state index in [2.05, 4.69) is 15.0 Å². The molecule has 0 unspecified atom stereocenters. The Morgan fingerprint density at radius 1 is 1.00 bits per heavy atom. The quantitative estimate of drug-likeness (QED) is 0.395. The Balaban J connectivity index is 1.69. The highest BCUT2D eigenvalue weighted by atomic mass is 32.2. The number of nitrogens with zero attached hydrogens (tertiary/aromatic N) is 1. The minimum Gasteiger partial charge on any atom is -0.325 e. The van der Waals surface area contributed by atoms with Crippen LogP contribution in [0.25, 0.3) is 0 Å². The van der Waals surface area contributed by atoms with Crippen molar-refractivity contribution < 1.29 is 22.0 Å². The van der Waals surface area contributed by atoms with Crippen LogP contribution in [0.5, 0.6) is 0 Å². The second-order valence-electron chi connectivity index (χ2n) is 6.51. The summed E-state index contributed by atoms with van der Waals surface area (Å²) in [4.78, 5) is 17.4.